The highest BCUT2D eigenvalue weighted by Gasteiger charge is 2.62. The zero-order valence-electron chi connectivity index (χ0n) is 51.8. The standard InChI is InChI=1S/C25H26FNO3S.B59/c1-18-3-15-24(16-4-18)31(28,29)27-22(11-5-19-6-13-23(30-2)14-7-19)12-9-20-8-10-21(26)17-25(20)27;1-31-46(30)54(47(32(2)3)33(4)5)58(55(48(34(6)7)35(8)9)49(36(10)11)37(12)13)59(56(50(38(14)15)39(16)17)51(40(18)19)41(20)21)57(52(42(22)23)43(24)25)53(44(26)27)45(28)29/h3-4,6-8,10,13-17,22H,5,9,11-12H2,1-2H3;. The molecule has 1 unspecified atom stereocenters. The lowest BCUT2D eigenvalue weighted by atomic mass is 8.23. The monoisotopic (exact) mass is 1090 g/mol. The molecule has 0 aromatic heterocycles. The Morgan fingerprint density at radius 2 is 0.767 bits per heavy atom. The predicted molar refractivity (Wildman–Crippen MR) is 460 cm³/mol. The Bertz CT molecular complexity index is 2500. The van der Waals surface area contributed by atoms with Crippen LogP contribution in [0.4, 0.5) is 10.1 Å². The number of anilines is 1. The van der Waals surface area contributed by atoms with Crippen molar-refractivity contribution in [2.24, 2.45) is 0 Å². The average molecular weight is 1080 g/mol. The maximum Gasteiger partial charge on any atom is 0.264 e. The summed E-state index contributed by atoms with van der Waals surface area (Å²) in [6, 6.07) is 18.8. The first-order valence-corrected chi connectivity index (χ1v) is 31.2. The molecule has 1 heterocycles. The first-order chi connectivity index (χ1) is 41.7. The van der Waals surface area contributed by atoms with Gasteiger partial charge in [0.05, 0.1) is 17.7 Å². The molecule has 4 rings (SSSR count). The van der Waals surface area contributed by atoms with E-state index in [0.29, 0.717) is 18.5 Å². The van der Waals surface area contributed by atoms with E-state index in [1.165, 1.54) is 16.4 Å². The highest BCUT2D eigenvalue weighted by atomic mass is 32.2. The van der Waals surface area contributed by atoms with Crippen molar-refractivity contribution in [1.82, 2.24) is 0 Å². The van der Waals surface area contributed by atoms with E-state index in [0.717, 1.165) is 42.3 Å². The van der Waals surface area contributed by atoms with E-state index in [9.17, 15) is 12.8 Å². The number of hydrogen-bond acceptors (Lipinski definition) is 3. The van der Waals surface area contributed by atoms with Gasteiger partial charge in [-0.3, -0.25) is 4.31 Å². The van der Waals surface area contributed by atoms with Crippen LogP contribution >= 0.6 is 0 Å². The van der Waals surface area contributed by atoms with Gasteiger partial charge in [-0.25, -0.2) is 12.8 Å². The second-order valence-electron chi connectivity index (χ2n) is 24.3. The first-order valence-electron chi connectivity index (χ1n) is 29.7. The van der Waals surface area contributed by atoms with E-state index in [-0.39, 0.29) is 10.9 Å². The van der Waals surface area contributed by atoms with Crippen molar-refractivity contribution in [2.45, 2.75) is 43.5 Å². The van der Waals surface area contributed by atoms with Crippen molar-refractivity contribution in [3.8, 4) is 5.75 Å². The number of nitrogens with zero attached hydrogens (tertiary/aromatic N) is 1. The van der Waals surface area contributed by atoms with Gasteiger partial charge < -0.3 is 4.74 Å². The summed E-state index contributed by atoms with van der Waals surface area (Å²) in [4.78, 5) is 0.227. The molecule has 339 valence electrons. The van der Waals surface area contributed by atoms with Crippen LogP contribution < -0.4 is 9.04 Å². The Kier molecular flexibility index (Phi) is 37.0. The van der Waals surface area contributed by atoms with Crippen LogP contribution in [0.3, 0.4) is 0 Å². The highest BCUT2D eigenvalue weighted by Crippen LogP contribution is 2.38. The molecule has 3 aromatic carbocycles. The Balaban J connectivity index is 0.000000563. The fourth-order valence-corrected chi connectivity index (χ4v) is 16.0. The highest BCUT2D eigenvalue weighted by molar-refractivity contribution is 8.37. The largest absolute Gasteiger partial charge is 0.497 e. The summed E-state index contributed by atoms with van der Waals surface area (Å²) in [6.45, 7) is 1.92. The van der Waals surface area contributed by atoms with Crippen LogP contribution in [0.2, 0.25) is 0 Å². The number of hydrogen-bond donors (Lipinski definition) is 0. The lowest BCUT2D eigenvalue weighted by molar-refractivity contribution is 0.414. The third kappa shape index (κ3) is 22.2. The number of fused-ring (bicyclic) bond motifs is 1. The molecule has 0 fully saturated rings. The van der Waals surface area contributed by atoms with Crippen molar-refractivity contribution in [2.75, 3.05) is 11.4 Å². The minimum Gasteiger partial charge on any atom is -0.497 e. The van der Waals surface area contributed by atoms with Crippen LogP contribution in [-0.2, 0) is 22.9 Å². The smallest absolute Gasteiger partial charge is 0.264 e. The van der Waals surface area contributed by atoms with Crippen molar-refractivity contribution in [3.05, 3.63) is 89.2 Å². The van der Waals surface area contributed by atoms with Gasteiger partial charge in [-0.05, 0) is 80.1 Å². The molecular formula is C25H26B59FNO3S. The Hall–Kier alpha value is 0.971. The quantitative estimate of drug-likeness (QED) is 0.0560. The molecular weight excluding hydrogens is 1050 g/mol. The minimum atomic E-state index is -3.83. The van der Waals surface area contributed by atoms with Crippen LogP contribution in [0.15, 0.2) is 71.6 Å². The fourth-order valence-electron chi connectivity index (χ4n) is 14.3. The van der Waals surface area contributed by atoms with Crippen molar-refractivity contribution < 1.29 is 17.5 Å². The van der Waals surface area contributed by atoms with Crippen LogP contribution in [0.5, 0.6) is 5.75 Å². The second-order valence-corrected chi connectivity index (χ2v) is 26.1. The van der Waals surface area contributed by atoms with E-state index >= 15 is 0 Å². The number of methoxy groups -OCH3 is 1. The van der Waals surface area contributed by atoms with E-state index < -0.39 is 195 Å². The first kappa shape index (κ1) is 85.2. The van der Waals surface area contributed by atoms with Crippen molar-refractivity contribution in [1.29, 1.82) is 0 Å². The molecule has 90 heavy (non-hydrogen) atoms. The fraction of sp³-hybridized carbons (Fsp3) is 0.280. The molecule has 0 bridgehead atoms. The van der Waals surface area contributed by atoms with Gasteiger partial charge in [0, 0.05) is 424 Å². The van der Waals surface area contributed by atoms with Crippen molar-refractivity contribution in [3.63, 3.8) is 0 Å². The third-order valence-electron chi connectivity index (χ3n) is 18.1. The number of benzene rings is 3. The summed E-state index contributed by atoms with van der Waals surface area (Å²) in [6.07, 6.45) is -36.2. The summed E-state index contributed by atoms with van der Waals surface area (Å²) in [7, 11) is 196. The lowest BCUT2D eigenvalue weighted by Gasteiger charge is -2.58. The molecule has 0 spiro atoms. The SMILES string of the molecule is COc1ccc(CCC2CCc3ccc(F)cc3N2S(=O)(=O)c2ccc(C)cc2)cc1.[B][B]B([B])B(B(B([B])[B])B([B])[B])B(B(B(B([B])[B])B([B])[B])B(B([B])[B])B([B])[B])B(B(B(B([B])[B])B([B])[B])B(B([B])[B])B([B])[B])B(B(B([B])[B])B([B])[B])B(B([B])[B])B([B])[B]. The van der Waals surface area contributed by atoms with E-state index in [1.807, 2.05) is 31.2 Å². The summed E-state index contributed by atoms with van der Waals surface area (Å²) in [5, 5.41) is 0. The van der Waals surface area contributed by atoms with Crippen LogP contribution in [0.1, 0.15) is 29.5 Å². The molecule has 1 atom stereocenters. The summed E-state index contributed by atoms with van der Waals surface area (Å²) in [5.41, 5.74) is 3.41. The van der Waals surface area contributed by atoms with Gasteiger partial charge >= 0.3 is 0 Å². The van der Waals surface area contributed by atoms with Crippen LogP contribution in [0.25, 0.3) is 0 Å². The Morgan fingerprint density at radius 3 is 1.08 bits per heavy atom. The minimum absolute atomic E-state index is 0.227. The Labute approximate surface area is 595 Å². The zero-order valence-corrected chi connectivity index (χ0v) is 52.6. The normalized spacial score (nSPS) is 11.9. The molecule has 65 heteroatoms. The molecule has 0 saturated carbocycles. The molecule has 1 aliphatic rings. The summed E-state index contributed by atoms with van der Waals surface area (Å²) in [5.74, 6) is 0.355. The number of aryl methyl sites for hydroxylation is 3. The van der Waals surface area contributed by atoms with Gasteiger partial charge in [0.15, 0.2) is 0 Å². The molecule has 0 N–H and O–H groups in total. The van der Waals surface area contributed by atoms with Gasteiger partial charge in [-0.15, -0.1) is 0 Å². The van der Waals surface area contributed by atoms with Gasteiger partial charge in [-0.1, -0.05) is 35.9 Å². The lowest BCUT2D eigenvalue weighted by Crippen LogP contribution is -2.97. The molecule has 61 radical (unpaired) electrons. The molecule has 0 aliphatic carbocycles. The van der Waals surface area contributed by atoms with Crippen molar-refractivity contribution >= 4 is 434 Å². The van der Waals surface area contributed by atoms with Gasteiger partial charge in [-0.2, -0.15) is 0 Å². The van der Waals surface area contributed by atoms with Gasteiger partial charge in [0.2, 0.25) is 0 Å². The average Bonchev–Trinajstić information content (AvgIpc) is 0.738. The van der Waals surface area contributed by atoms with E-state index in [1.54, 1.807) is 37.4 Å². The van der Waals surface area contributed by atoms with Crippen LogP contribution in [-0.4, -0.2) is 440 Å². The Morgan fingerprint density at radius 1 is 0.456 bits per heavy atom. The zero-order chi connectivity index (χ0) is 68.9. The molecule has 0 saturated heterocycles. The number of rotatable bonds is 34. The molecule has 3 aromatic rings. The van der Waals surface area contributed by atoms with Gasteiger partial charge in [0.25, 0.3) is 10.0 Å². The predicted octanol–water partition coefficient (Wildman–Crippen LogP) is -17.2. The topological polar surface area (TPSA) is 46.6 Å². The third-order valence-corrected chi connectivity index (χ3v) is 20.0. The van der Waals surface area contributed by atoms with E-state index in [2.05, 4.69) is 0 Å². The number of halogens is 1. The maximum atomic E-state index is 14.1. The maximum absolute atomic E-state index is 14.1. The van der Waals surface area contributed by atoms with Gasteiger partial charge in [0.1, 0.15) is 11.6 Å². The summed E-state index contributed by atoms with van der Waals surface area (Å²) >= 11 is 0. The molecule has 4 nitrogen and oxygen atoms in total. The number of ether oxygens (including phenoxy) is 1. The molecule has 1 aliphatic heterocycles. The van der Waals surface area contributed by atoms with E-state index in [4.69, 9.17) is 237 Å². The summed E-state index contributed by atoms with van der Waals surface area (Å²) < 4.78 is 48.1. The second kappa shape index (κ2) is 39.1. The molecule has 0 amide bonds. The van der Waals surface area contributed by atoms with Crippen LogP contribution in [0, 0.1) is 12.7 Å². The number of sulfonamides is 1.